The minimum atomic E-state index is -0.529. The van der Waals surface area contributed by atoms with Crippen molar-refractivity contribution >= 4 is 17.7 Å². The molecule has 1 aliphatic carbocycles. The van der Waals surface area contributed by atoms with Gasteiger partial charge in [0, 0.05) is 29.3 Å². The summed E-state index contributed by atoms with van der Waals surface area (Å²) in [7, 11) is 2.65. The summed E-state index contributed by atoms with van der Waals surface area (Å²) < 4.78 is 9.75. The van der Waals surface area contributed by atoms with Crippen LogP contribution in [0.5, 0.6) is 0 Å². The second kappa shape index (κ2) is 7.26. The number of hydrogen-bond acceptors (Lipinski definition) is 6. The Kier molecular flexibility index (Phi) is 5.15. The molecule has 0 fully saturated rings. The maximum absolute atomic E-state index is 13.1. The first-order valence-electron chi connectivity index (χ1n) is 9.19. The summed E-state index contributed by atoms with van der Waals surface area (Å²) in [5, 5.41) is 3.27. The van der Waals surface area contributed by atoms with Crippen LogP contribution < -0.4 is 5.32 Å². The van der Waals surface area contributed by atoms with Gasteiger partial charge in [-0.1, -0.05) is 26.0 Å². The van der Waals surface area contributed by atoms with Gasteiger partial charge >= 0.3 is 11.9 Å². The Bertz CT molecular complexity index is 905. The van der Waals surface area contributed by atoms with Crippen molar-refractivity contribution in [2.75, 3.05) is 14.2 Å². The van der Waals surface area contributed by atoms with Crippen LogP contribution >= 0.6 is 0 Å². The summed E-state index contributed by atoms with van der Waals surface area (Å²) >= 11 is 0. The molecule has 1 aromatic rings. The second-order valence-electron chi connectivity index (χ2n) is 8.04. The van der Waals surface area contributed by atoms with Crippen LogP contribution in [0.1, 0.15) is 55.5 Å². The predicted molar refractivity (Wildman–Crippen MR) is 103 cm³/mol. The number of ketones is 1. The number of dihydropyridines is 1. The quantitative estimate of drug-likeness (QED) is 0.807. The molecule has 0 saturated heterocycles. The van der Waals surface area contributed by atoms with Gasteiger partial charge < -0.3 is 14.8 Å². The van der Waals surface area contributed by atoms with Crippen molar-refractivity contribution in [1.29, 1.82) is 0 Å². The molecule has 6 heteroatoms. The van der Waals surface area contributed by atoms with Gasteiger partial charge in [-0.05, 0) is 36.5 Å². The highest BCUT2D eigenvalue weighted by atomic mass is 16.5. The summed E-state index contributed by atoms with van der Waals surface area (Å²) in [6.07, 6.45) is 1.13. The third kappa shape index (κ3) is 3.46. The third-order valence-corrected chi connectivity index (χ3v) is 5.31. The fourth-order valence-corrected chi connectivity index (χ4v) is 4.08. The number of carbonyl (C=O) groups is 3. The smallest absolute Gasteiger partial charge is 0.337 e. The standard InChI is InChI=1S/C22H25NO5/c1-12-17(21(26)28-5)18(13-6-8-14(9-7-13)20(25)27-4)19-15(23-12)10-22(2,3)11-16(19)24/h6-9,18,23H,10-11H2,1-5H3/t18-/m0/s1. The molecule has 0 unspecified atom stereocenters. The topological polar surface area (TPSA) is 81.7 Å². The number of ether oxygens (including phenoxy) is 2. The van der Waals surface area contributed by atoms with Crippen LogP contribution in [-0.2, 0) is 19.1 Å². The first-order chi connectivity index (χ1) is 13.2. The summed E-state index contributed by atoms with van der Waals surface area (Å²) in [5.41, 5.74) is 3.58. The van der Waals surface area contributed by atoms with E-state index in [0.717, 1.165) is 17.7 Å². The molecule has 2 aliphatic rings. The van der Waals surface area contributed by atoms with E-state index in [2.05, 4.69) is 19.2 Å². The first-order valence-corrected chi connectivity index (χ1v) is 9.19. The van der Waals surface area contributed by atoms with Crippen LogP contribution in [0.4, 0.5) is 0 Å². The zero-order valence-electron chi connectivity index (χ0n) is 16.8. The molecule has 0 amide bonds. The Morgan fingerprint density at radius 3 is 2.21 bits per heavy atom. The number of Topliss-reactive ketones (excluding diaryl/α,β-unsaturated/α-hetero) is 1. The number of nitrogens with one attached hydrogen (secondary N) is 1. The Labute approximate surface area is 164 Å². The zero-order valence-corrected chi connectivity index (χ0v) is 16.8. The molecule has 148 valence electrons. The van der Waals surface area contributed by atoms with Crippen molar-refractivity contribution in [3.05, 3.63) is 57.9 Å². The minimum Gasteiger partial charge on any atom is -0.466 e. The fourth-order valence-electron chi connectivity index (χ4n) is 4.08. The van der Waals surface area contributed by atoms with Gasteiger partial charge in [-0.25, -0.2) is 9.59 Å². The van der Waals surface area contributed by atoms with E-state index in [1.165, 1.54) is 14.2 Å². The number of benzene rings is 1. The normalized spacial score (nSPS) is 21.0. The van der Waals surface area contributed by atoms with Gasteiger partial charge in [0.05, 0.1) is 25.4 Å². The van der Waals surface area contributed by atoms with E-state index in [4.69, 9.17) is 9.47 Å². The van der Waals surface area contributed by atoms with Crippen molar-refractivity contribution in [3.63, 3.8) is 0 Å². The molecule has 3 rings (SSSR count). The van der Waals surface area contributed by atoms with Crippen molar-refractivity contribution in [2.45, 2.75) is 39.5 Å². The monoisotopic (exact) mass is 383 g/mol. The maximum Gasteiger partial charge on any atom is 0.337 e. The lowest BCUT2D eigenvalue weighted by atomic mass is 9.68. The summed E-state index contributed by atoms with van der Waals surface area (Å²) in [6.45, 7) is 5.94. The molecule has 0 spiro atoms. The molecule has 0 radical (unpaired) electrons. The van der Waals surface area contributed by atoms with Gasteiger partial charge in [-0.3, -0.25) is 4.79 Å². The zero-order chi connectivity index (χ0) is 20.6. The van der Waals surface area contributed by atoms with Gasteiger partial charge in [0.1, 0.15) is 0 Å². The molecule has 0 aromatic heterocycles. The molecule has 6 nitrogen and oxygen atoms in total. The van der Waals surface area contributed by atoms with E-state index >= 15 is 0 Å². The molecular weight excluding hydrogens is 358 g/mol. The van der Waals surface area contributed by atoms with Crippen LogP contribution in [0.25, 0.3) is 0 Å². The van der Waals surface area contributed by atoms with Gasteiger partial charge in [-0.2, -0.15) is 0 Å². The number of methoxy groups -OCH3 is 2. The van der Waals surface area contributed by atoms with Crippen LogP contribution in [0.15, 0.2) is 46.8 Å². The van der Waals surface area contributed by atoms with E-state index in [1.807, 2.05) is 6.92 Å². The molecule has 1 aromatic carbocycles. The molecule has 1 atom stereocenters. The molecule has 0 saturated carbocycles. The van der Waals surface area contributed by atoms with Gasteiger partial charge in [0.25, 0.3) is 0 Å². The van der Waals surface area contributed by atoms with Crippen molar-refractivity contribution in [3.8, 4) is 0 Å². The Morgan fingerprint density at radius 1 is 1.04 bits per heavy atom. The second-order valence-corrected chi connectivity index (χ2v) is 8.04. The van der Waals surface area contributed by atoms with Crippen molar-refractivity contribution in [1.82, 2.24) is 5.32 Å². The number of esters is 2. The van der Waals surface area contributed by atoms with Gasteiger partial charge in [-0.15, -0.1) is 0 Å². The van der Waals surface area contributed by atoms with Crippen LogP contribution in [0.3, 0.4) is 0 Å². The summed E-state index contributed by atoms with van der Waals surface area (Å²) in [5.74, 6) is -1.42. The van der Waals surface area contributed by atoms with Crippen molar-refractivity contribution < 1.29 is 23.9 Å². The van der Waals surface area contributed by atoms with Crippen LogP contribution in [0.2, 0.25) is 0 Å². The average molecular weight is 383 g/mol. The van der Waals surface area contributed by atoms with E-state index in [-0.39, 0.29) is 11.2 Å². The lowest BCUT2D eigenvalue weighted by Gasteiger charge is -2.39. The first kappa shape index (κ1) is 19.9. The highest BCUT2D eigenvalue weighted by Crippen LogP contribution is 2.46. The molecule has 1 heterocycles. The van der Waals surface area contributed by atoms with E-state index < -0.39 is 17.9 Å². The van der Waals surface area contributed by atoms with E-state index in [1.54, 1.807) is 24.3 Å². The summed E-state index contributed by atoms with van der Waals surface area (Å²) in [6, 6.07) is 6.81. The molecule has 28 heavy (non-hydrogen) atoms. The third-order valence-electron chi connectivity index (χ3n) is 5.31. The van der Waals surface area contributed by atoms with Gasteiger partial charge in [0.15, 0.2) is 5.78 Å². The predicted octanol–water partition coefficient (Wildman–Crippen LogP) is 3.25. The number of hydrogen-bond donors (Lipinski definition) is 1. The Balaban J connectivity index is 2.15. The Morgan fingerprint density at radius 2 is 1.64 bits per heavy atom. The van der Waals surface area contributed by atoms with E-state index in [0.29, 0.717) is 28.8 Å². The minimum absolute atomic E-state index is 0.0229. The summed E-state index contributed by atoms with van der Waals surface area (Å²) in [4.78, 5) is 37.4. The van der Waals surface area contributed by atoms with Crippen molar-refractivity contribution in [2.24, 2.45) is 5.41 Å². The molecule has 0 bridgehead atoms. The van der Waals surface area contributed by atoms with E-state index in [9.17, 15) is 14.4 Å². The average Bonchev–Trinajstić information content (AvgIpc) is 2.64. The van der Waals surface area contributed by atoms with Gasteiger partial charge in [0.2, 0.25) is 0 Å². The fraction of sp³-hybridized carbons (Fsp3) is 0.409. The van der Waals surface area contributed by atoms with Crippen LogP contribution in [-0.4, -0.2) is 31.9 Å². The van der Waals surface area contributed by atoms with Crippen LogP contribution in [0, 0.1) is 5.41 Å². The SMILES string of the molecule is COC(=O)C1=C(C)NC2=C(C(=O)CC(C)(C)C2)[C@H]1c1ccc(C(=O)OC)cc1. The lowest BCUT2D eigenvalue weighted by Crippen LogP contribution is -2.38. The highest BCUT2D eigenvalue weighted by Gasteiger charge is 2.42. The number of carbonyl (C=O) groups excluding carboxylic acids is 3. The molecule has 1 N–H and O–H groups in total. The maximum atomic E-state index is 13.1. The lowest BCUT2D eigenvalue weighted by molar-refractivity contribution is -0.136. The molecular formula is C22H25NO5. The largest absolute Gasteiger partial charge is 0.466 e. The number of rotatable bonds is 3. The number of allylic oxidation sites excluding steroid dienone is 3. The highest BCUT2D eigenvalue weighted by molar-refractivity contribution is 6.04. The molecule has 1 aliphatic heterocycles. The Hall–Kier alpha value is -2.89.